The molecule has 16 heavy (non-hydrogen) atoms. The Hall–Kier alpha value is -1.46. The lowest BCUT2D eigenvalue weighted by atomic mass is 10.3. The molecule has 0 saturated carbocycles. The van der Waals surface area contributed by atoms with E-state index in [-0.39, 0.29) is 0 Å². The number of nitrogens with zero attached hydrogens (tertiary/aromatic N) is 3. The topological polar surface area (TPSA) is 53.1 Å². The van der Waals surface area contributed by atoms with Gasteiger partial charge in [0.05, 0.1) is 18.1 Å². The Labute approximate surface area is 97.5 Å². The largest absolute Gasteiger partial charge is 0.256 e. The normalized spacial score (nSPS) is 9.00. The molecule has 0 atom stereocenters. The summed E-state index contributed by atoms with van der Waals surface area (Å²) in [6, 6.07) is 0. The van der Waals surface area contributed by atoms with Gasteiger partial charge < -0.3 is 0 Å². The van der Waals surface area contributed by atoms with E-state index in [0.29, 0.717) is 5.82 Å². The molecule has 0 unspecified atom stereocenters. The zero-order valence-corrected chi connectivity index (χ0v) is 10.5. The standard InChI is InChI=1S/C9H15N5.C2H6/c1-4-8-6-12-9(7-11-8)14(5-2)13-10-3;1-2/h5-7,10,13H,2,4H2,1,3H3;1-2H3. The van der Waals surface area contributed by atoms with Gasteiger partial charge in [0, 0.05) is 13.2 Å². The van der Waals surface area contributed by atoms with Gasteiger partial charge in [0.1, 0.15) is 0 Å². The molecule has 0 aromatic carbocycles. The van der Waals surface area contributed by atoms with Gasteiger partial charge in [0.2, 0.25) is 0 Å². The van der Waals surface area contributed by atoms with Crippen LogP contribution in [0.15, 0.2) is 25.2 Å². The molecule has 0 aliphatic heterocycles. The van der Waals surface area contributed by atoms with Crippen molar-refractivity contribution in [2.75, 3.05) is 12.1 Å². The lowest BCUT2D eigenvalue weighted by Crippen LogP contribution is -2.42. The quantitative estimate of drug-likeness (QED) is 0.743. The van der Waals surface area contributed by atoms with Gasteiger partial charge in [0.25, 0.3) is 0 Å². The predicted octanol–water partition coefficient (Wildman–Crippen LogP) is 1.65. The van der Waals surface area contributed by atoms with Crippen molar-refractivity contribution >= 4 is 5.82 Å². The summed E-state index contributed by atoms with van der Waals surface area (Å²) >= 11 is 0. The molecule has 5 nitrogen and oxygen atoms in total. The summed E-state index contributed by atoms with van der Waals surface area (Å²) < 4.78 is 0. The van der Waals surface area contributed by atoms with Crippen molar-refractivity contribution in [3.63, 3.8) is 0 Å². The third kappa shape index (κ3) is 4.37. The maximum absolute atomic E-state index is 4.23. The van der Waals surface area contributed by atoms with E-state index in [1.165, 1.54) is 0 Å². The fraction of sp³-hybridized carbons (Fsp3) is 0.455. The molecular formula is C11H21N5. The molecule has 0 aliphatic rings. The van der Waals surface area contributed by atoms with Gasteiger partial charge in [-0.25, -0.2) is 10.4 Å². The predicted molar refractivity (Wildman–Crippen MR) is 67.6 cm³/mol. The Morgan fingerprint density at radius 2 is 2.06 bits per heavy atom. The number of hydrazine groups is 2. The van der Waals surface area contributed by atoms with Crippen LogP contribution >= 0.6 is 0 Å². The first-order chi connectivity index (χ1) is 7.81. The van der Waals surface area contributed by atoms with Crippen LogP contribution in [0, 0.1) is 0 Å². The third-order valence-electron chi connectivity index (χ3n) is 1.72. The first kappa shape index (κ1) is 14.5. The lowest BCUT2D eigenvalue weighted by Gasteiger charge is -2.18. The minimum absolute atomic E-state index is 0.701. The summed E-state index contributed by atoms with van der Waals surface area (Å²) in [6.45, 7) is 9.70. The highest BCUT2D eigenvalue weighted by Gasteiger charge is 2.02. The van der Waals surface area contributed by atoms with E-state index in [1.807, 2.05) is 20.8 Å². The summed E-state index contributed by atoms with van der Waals surface area (Å²) in [5.74, 6) is 0.701. The summed E-state index contributed by atoms with van der Waals surface area (Å²) in [6.07, 6.45) is 5.96. The maximum Gasteiger partial charge on any atom is 0.166 e. The van der Waals surface area contributed by atoms with Gasteiger partial charge in [0.15, 0.2) is 5.82 Å². The average Bonchev–Trinajstić information content (AvgIpc) is 2.38. The van der Waals surface area contributed by atoms with Crippen molar-refractivity contribution < 1.29 is 0 Å². The Bertz CT molecular complexity index is 283. The SMILES string of the molecule is C=CN(NNC)c1cnc(CC)cn1.CC. The average molecular weight is 223 g/mol. The highest BCUT2D eigenvalue weighted by atomic mass is 15.7. The van der Waals surface area contributed by atoms with Gasteiger partial charge in [-0.1, -0.05) is 27.4 Å². The number of nitrogens with one attached hydrogen (secondary N) is 2. The van der Waals surface area contributed by atoms with Gasteiger partial charge in [-0.3, -0.25) is 9.99 Å². The molecule has 0 amide bonds. The van der Waals surface area contributed by atoms with E-state index < -0.39 is 0 Å². The second-order valence-electron chi connectivity index (χ2n) is 2.63. The van der Waals surface area contributed by atoms with Crippen molar-refractivity contribution in [1.29, 1.82) is 0 Å². The first-order valence-electron chi connectivity index (χ1n) is 5.47. The number of aromatic nitrogens is 2. The van der Waals surface area contributed by atoms with E-state index in [9.17, 15) is 0 Å². The molecule has 0 aliphatic carbocycles. The molecule has 0 saturated heterocycles. The molecular weight excluding hydrogens is 202 g/mol. The molecule has 0 spiro atoms. The monoisotopic (exact) mass is 223 g/mol. The van der Waals surface area contributed by atoms with Crippen LogP contribution < -0.4 is 16.0 Å². The van der Waals surface area contributed by atoms with Crippen molar-refractivity contribution in [1.82, 2.24) is 20.9 Å². The van der Waals surface area contributed by atoms with Crippen LogP contribution in [0.25, 0.3) is 0 Å². The number of hydrogen-bond acceptors (Lipinski definition) is 5. The van der Waals surface area contributed by atoms with E-state index in [2.05, 4.69) is 27.5 Å². The number of rotatable bonds is 5. The second kappa shape index (κ2) is 8.82. The summed E-state index contributed by atoms with van der Waals surface area (Å²) in [5.41, 5.74) is 6.61. The van der Waals surface area contributed by atoms with Crippen LogP contribution in [0.2, 0.25) is 0 Å². The zero-order valence-electron chi connectivity index (χ0n) is 10.5. The van der Waals surface area contributed by atoms with Crippen molar-refractivity contribution in [3.8, 4) is 0 Å². The van der Waals surface area contributed by atoms with Crippen LogP contribution in [-0.2, 0) is 6.42 Å². The van der Waals surface area contributed by atoms with Crippen molar-refractivity contribution in [2.45, 2.75) is 27.2 Å². The molecule has 2 N–H and O–H groups in total. The van der Waals surface area contributed by atoms with Crippen LogP contribution in [0.5, 0.6) is 0 Å². The van der Waals surface area contributed by atoms with Gasteiger partial charge in [-0.2, -0.15) is 5.53 Å². The highest BCUT2D eigenvalue weighted by molar-refractivity contribution is 5.37. The summed E-state index contributed by atoms with van der Waals surface area (Å²) in [5, 5.41) is 1.65. The molecule has 90 valence electrons. The van der Waals surface area contributed by atoms with Crippen LogP contribution in [-0.4, -0.2) is 17.0 Å². The van der Waals surface area contributed by atoms with E-state index in [0.717, 1.165) is 12.1 Å². The Morgan fingerprint density at radius 1 is 1.38 bits per heavy atom. The smallest absolute Gasteiger partial charge is 0.166 e. The first-order valence-corrected chi connectivity index (χ1v) is 5.47. The molecule has 0 radical (unpaired) electrons. The minimum atomic E-state index is 0.701. The highest BCUT2D eigenvalue weighted by Crippen LogP contribution is 2.06. The zero-order chi connectivity index (χ0) is 12.4. The van der Waals surface area contributed by atoms with Gasteiger partial charge in [-0.15, -0.1) is 0 Å². The summed E-state index contributed by atoms with van der Waals surface area (Å²) in [7, 11) is 1.77. The van der Waals surface area contributed by atoms with Crippen LogP contribution in [0.1, 0.15) is 26.5 Å². The van der Waals surface area contributed by atoms with E-state index in [4.69, 9.17) is 0 Å². The third-order valence-corrected chi connectivity index (χ3v) is 1.72. The van der Waals surface area contributed by atoms with Crippen LogP contribution in [0.3, 0.4) is 0 Å². The molecule has 1 aromatic heterocycles. The van der Waals surface area contributed by atoms with Crippen molar-refractivity contribution in [3.05, 3.63) is 30.9 Å². The molecule has 0 bridgehead atoms. The Morgan fingerprint density at radius 3 is 2.44 bits per heavy atom. The van der Waals surface area contributed by atoms with E-state index >= 15 is 0 Å². The maximum atomic E-state index is 4.23. The Kier molecular flexibility index (Phi) is 8.01. The number of aryl methyl sites for hydroxylation is 1. The molecule has 1 heterocycles. The molecule has 1 aromatic rings. The minimum Gasteiger partial charge on any atom is -0.256 e. The van der Waals surface area contributed by atoms with Gasteiger partial charge >= 0.3 is 0 Å². The summed E-state index contributed by atoms with van der Waals surface area (Å²) in [4.78, 5) is 8.46. The fourth-order valence-electron chi connectivity index (χ4n) is 0.972. The second-order valence-corrected chi connectivity index (χ2v) is 2.63. The Balaban J connectivity index is 0.00000106. The lowest BCUT2D eigenvalue weighted by molar-refractivity contribution is 0.598. The number of hydrogen-bond donors (Lipinski definition) is 2. The van der Waals surface area contributed by atoms with Gasteiger partial charge in [-0.05, 0) is 6.42 Å². The molecule has 1 rings (SSSR count). The fourth-order valence-corrected chi connectivity index (χ4v) is 0.972. The van der Waals surface area contributed by atoms with Crippen molar-refractivity contribution in [2.24, 2.45) is 0 Å². The molecule has 0 fully saturated rings. The van der Waals surface area contributed by atoms with Crippen LogP contribution in [0.4, 0.5) is 5.82 Å². The molecule has 5 heteroatoms. The number of anilines is 1. The van der Waals surface area contributed by atoms with E-state index in [1.54, 1.807) is 30.7 Å².